The van der Waals surface area contributed by atoms with Gasteiger partial charge in [0.1, 0.15) is 0 Å². The van der Waals surface area contributed by atoms with E-state index in [1.807, 2.05) is 6.08 Å². The molecule has 0 aliphatic rings. The fraction of sp³-hybridized carbons (Fsp3) is 0.0196. The third-order valence-electron chi connectivity index (χ3n) is 11.3. The SMILES string of the molecule is C=Cc1c(/C=C\C)c2c(c3ccc4ccccc4c13)c1ccccc1n2-c1ccc(-n2c3ccc4ccccc4c3c3c4ccccc4ccc32)cc1. The standard InChI is InChI=1S/C51H34N2/c1-3-13-41-37(4-2)47-38-17-8-5-14-32(38)22-29-43(47)48-42-20-11-12-21-44(42)53(51(41)48)36-27-25-35(26-28-36)52-45-30-23-33-15-6-9-18-39(33)49(45)50-40-19-10-7-16-34(40)24-31-46(50)52/h3-31H,2H2,1H3/b13-3-. The molecular weight excluding hydrogens is 641 g/mol. The number of hydrogen-bond donors (Lipinski definition) is 0. The summed E-state index contributed by atoms with van der Waals surface area (Å²) >= 11 is 0. The van der Waals surface area contributed by atoms with E-state index in [4.69, 9.17) is 0 Å². The molecule has 2 aromatic heterocycles. The third-order valence-corrected chi connectivity index (χ3v) is 11.3. The topological polar surface area (TPSA) is 9.86 Å². The minimum Gasteiger partial charge on any atom is -0.309 e. The maximum Gasteiger partial charge on any atom is 0.0625 e. The van der Waals surface area contributed by atoms with E-state index in [-0.39, 0.29) is 0 Å². The molecule has 11 aromatic rings. The number of rotatable bonds is 4. The molecule has 53 heavy (non-hydrogen) atoms. The van der Waals surface area contributed by atoms with Crippen molar-refractivity contribution < 1.29 is 0 Å². The van der Waals surface area contributed by atoms with E-state index in [1.54, 1.807) is 0 Å². The van der Waals surface area contributed by atoms with Gasteiger partial charge >= 0.3 is 0 Å². The van der Waals surface area contributed by atoms with E-state index in [1.165, 1.54) is 92.3 Å². The molecule has 0 aliphatic heterocycles. The number of fused-ring (bicyclic) bond motifs is 14. The van der Waals surface area contributed by atoms with E-state index in [9.17, 15) is 0 Å². The largest absolute Gasteiger partial charge is 0.309 e. The first-order valence-corrected chi connectivity index (χ1v) is 18.4. The fourth-order valence-corrected chi connectivity index (χ4v) is 9.19. The Morgan fingerprint density at radius 2 is 0.887 bits per heavy atom. The van der Waals surface area contributed by atoms with Crippen LogP contribution in [-0.2, 0) is 0 Å². The summed E-state index contributed by atoms with van der Waals surface area (Å²) in [5.41, 5.74) is 9.41. The molecule has 2 nitrogen and oxygen atoms in total. The molecule has 0 saturated heterocycles. The minimum atomic E-state index is 1.12. The molecule has 11 rings (SSSR count). The molecule has 0 saturated carbocycles. The normalized spacial score (nSPS) is 12.2. The Morgan fingerprint density at radius 3 is 1.45 bits per heavy atom. The highest BCUT2D eigenvalue weighted by molar-refractivity contribution is 6.30. The molecule has 0 amide bonds. The molecule has 0 aliphatic carbocycles. The fourth-order valence-electron chi connectivity index (χ4n) is 9.19. The Labute approximate surface area is 306 Å². The number of hydrogen-bond acceptors (Lipinski definition) is 0. The van der Waals surface area contributed by atoms with Gasteiger partial charge in [-0.25, -0.2) is 0 Å². The second kappa shape index (κ2) is 11.3. The number of allylic oxidation sites excluding steroid dienone is 1. The van der Waals surface area contributed by atoms with Gasteiger partial charge in [0, 0.05) is 38.5 Å². The van der Waals surface area contributed by atoms with Crippen LogP contribution in [0.15, 0.2) is 170 Å². The summed E-state index contributed by atoms with van der Waals surface area (Å²) in [6.45, 7) is 6.48. The summed E-state index contributed by atoms with van der Waals surface area (Å²) in [5.74, 6) is 0. The van der Waals surface area contributed by atoms with Crippen LogP contribution in [0, 0.1) is 0 Å². The van der Waals surface area contributed by atoms with E-state index in [2.05, 4.69) is 193 Å². The lowest BCUT2D eigenvalue weighted by atomic mass is 9.90. The van der Waals surface area contributed by atoms with Crippen molar-refractivity contribution in [2.24, 2.45) is 0 Å². The van der Waals surface area contributed by atoms with Crippen LogP contribution in [0.4, 0.5) is 0 Å². The van der Waals surface area contributed by atoms with Crippen LogP contribution in [-0.4, -0.2) is 9.13 Å². The Morgan fingerprint density at radius 1 is 0.396 bits per heavy atom. The van der Waals surface area contributed by atoms with Crippen molar-refractivity contribution in [2.45, 2.75) is 6.92 Å². The number of para-hydroxylation sites is 1. The Kier molecular flexibility index (Phi) is 6.35. The summed E-state index contributed by atoms with van der Waals surface area (Å²) in [6.07, 6.45) is 6.46. The predicted molar refractivity (Wildman–Crippen MR) is 230 cm³/mol. The smallest absolute Gasteiger partial charge is 0.0625 e. The number of benzene rings is 9. The van der Waals surface area contributed by atoms with E-state index < -0.39 is 0 Å². The van der Waals surface area contributed by atoms with Crippen LogP contribution in [0.5, 0.6) is 0 Å². The molecule has 2 heterocycles. The van der Waals surface area contributed by atoms with Crippen molar-refractivity contribution in [3.8, 4) is 11.4 Å². The first-order valence-electron chi connectivity index (χ1n) is 18.4. The Bertz CT molecular complexity index is 3260. The zero-order valence-corrected chi connectivity index (χ0v) is 29.3. The predicted octanol–water partition coefficient (Wildman–Crippen LogP) is 14.2. The summed E-state index contributed by atoms with van der Waals surface area (Å²) < 4.78 is 4.90. The van der Waals surface area contributed by atoms with Crippen molar-refractivity contribution >= 4 is 98.9 Å². The monoisotopic (exact) mass is 674 g/mol. The molecule has 0 bridgehead atoms. The maximum absolute atomic E-state index is 4.38. The van der Waals surface area contributed by atoms with Crippen LogP contribution in [0.25, 0.3) is 110 Å². The first kappa shape index (κ1) is 29.8. The average molecular weight is 675 g/mol. The van der Waals surface area contributed by atoms with Crippen molar-refractivity contribution in [1.29, 1.82) is 0 Å². The van der Waals surface area contributed by atoms with Gasteiger partial charge in [-0.1, -0.05) is 140 Å². The molecule has 9 aromatic carbocycles. The van der Waals surface area contributed by atoms with Crippen molar-refractivity contribution in [3.63, 3.8) is 0 Å². The van der Waals surface area contributed by atoms with Gasteiger partial charge < -0.3 is 9.13 Å². The van der Waals surface area contributed by atoms with Gasteiger partial charge in [-0.15, -0.1) is 0 Å². The van der Waals surface area contributed by atoms with Crippen LogP contribution in [0.1, 0.15) is 18.1 Å². The van der Waals surface area contributed by atoms with Crippen LogP contribution in [0.2, 0.25) is 0 Å². The second-order valence-electron chi connectivity index (χ2n) is 14.0. The van der Waals surface area contributed by atoms with Crippen molar-refractivity contribution in [2.75, 3.05) is 0 Å². The lowest BCUT2D eigenvalue weighted by Crippen LogP contribution is -1.99. The molecule has 0 N–H and O–H groups in total. The highest BCUT2D eigenvalue weighted by Gasteiger charge is 2.22. The van der Waals surface area contributed by atoms with Gasteiger partial charge in [0.25, 0.3) is 0 Å². The summed E-state index contributed by atoms with van der Waals surface area (Å²) in [6, 6.07) is 57.9. The van der Waals surface area contributed by atoms with Gasteiger partial charge in [0.05, 0.1) is 22.1 Å². The van der Waals surface area contributed by atoms with Crippen LogP contribution in [0.3, 0.4) is 0 Å². The Balaban J connectivity index is 1.22. The van der Waals surface area contributed by atoms with Crippen LogP contribution < -0.4 is 0 Å². The zero-order valence-electron chi connectivity index (χ0n) is 29.3. The molecule has 0 unspecified atom stereocenters. The van der Waals surface area contributed by atoms with Gasteiger partial charge in [-0.2, -0.15) is 0 Å². The summed E-state index contributed by atoms with van der Waals surface area (Å²) in [5, 5.41) is 15.2. The van der Waals surface area contributed by atoms with Gasteiger partial charge in [-0.3, -0.25) is 0 Å². The lowest BCUT2D eigenvalue weighted by Gasteiger charge is -2.16. The number of nitrogens with zero attached hydrogens (tertiary/aromatic N) is 2. The molecular formula is C51H34N2. The molecule has 0 fully saturated rings. The Hall–Kier alpha value is -6.90. The quantitative estimate of drug-likeness (QED) is 0.164. The van der Waals surface area contributed by atoms with Crippen molar-refractivity contribution in [1.82, 2.24) is 9.13 Å². The molecule has 2 heteroatoms. The van der Waals surface area contributed by atoms with Gasteiger partial charge in [-0.05, 0) is 98.0 Å². The minimum absolute atomic E-state index is 1.12. The van der Waals surface area contributed by atoms with Gasteiger partial charge in [0.15, 0.2) is 0 Å². The second-order valence-corrected chi connectivity index (χ2v) is 14.0. The zero-order chi connectivity index (χ0) is 35.2. The summed E-state index contributed by atoms with van der Waals surface area (Å²) in [7, 11) is 0. The van der Waals surface area contributed by atoms with Gasteiger partial charge in [0.2, 0.25) is 0 Å². The first-order chi connectivity index (χ1) is 26.2. The molecule has 248 valence electrons. The molecule has 0 radical (unpaired) electrons. The highest BCUT2D eigenvalue weighted by Crippen LogP contribution is 2.45. The molecule has 0 atom stereocenters. The average Bonchev–Trinajstić information content (AvgIpc) is 3.75. The highest BCUT2D eigenvalue weighted by atomic mass is 15.0. The maximum atomic E-state index is 4.38. The van der Waals surface area contributed by atoms with E-state index >= 15 is 0 Å². The van der Waals surface area contributed by atoms with E-state index in [0.717, 1.165) is 16.9 Å². The lowest BCUT2D eigenvalue weighted by molar-refractivity contribution is 1.14. The number of aromatic nitrogens is 2. The molecule has 0 spiro atoms. The third kappa shape index (κ3) is 4.09. The van der Waals surface area contributed by atoms with E-state index in [0.29, 0.717) is 0 Å². The summed E-state index contributed by atoms with van der Waals surface area (Å²) in [4.78, 5) is 0. The van der Waals surface area contributed by atoms with Crippen LogP contribution >= 0.6 is 0 Å². The van der Waals surface area contributed by atoms with Crippen molar-refractivity contribution in [3.05, 3.63) is 182 Å².